The van der Waals surface area contributed by atoms with Gasteiger partial charge in [-0.25, -0.2) is 0 Å². The van der Waals surface area contributed by atoms with Crippen molar-refractivity contribution in [3.8, 4) is 6.07 Å². The lowest BCUT2D eigenvalue weighted by molar-refractivity contribution is 0.317. The van der Waals surface area contributed by atoms with Crippen LogP contribution in [0.4, 0.5) is 0 Å². The Labute approximate surface area is 80.5 Å². The third-order valence-electron chi connectivity index (χ3n) is 2.68. The average Bonchev–Trinajstić information content (AvgIpc) is 2.50. The molecular weight excluding hydrogens is 162 g/mol. The molecule has 1 saturated heterocycles. The zero-order valence-corrected chi connectivity index (χ0v) is 8.42. The molecule has 1 atom stereocenters. The predicted molar refractivity (Wildman–Crippen MR) is 53.1 cm³/mol. The number of rotatable bonds is 4. The fourth-order valence-corrected chi connectivity index (χ4v) is 1.78. The monoisotopic (exact) mass is 181 g/mol. The fraction of sp³-hybridized carbons (Fsp3) is 0.900. The van der Waals surface area contributed by atoms with Crippen LogP contribution < -0.4 is 5.73 Å². The molecule has 3 nitrogen and oxygen atoms in total. The van der Waals surface area contributed by atoms with Crippen LogP contribution in [0, 0.1) is 11.3 Å². The topological polar surface area (TPSA) is 53.0 Å². The molecule has 2 N–H and O–H groups in total. The summed E-state index contributed by atoms with van der Waals surface area (Å²) in [4.78, 5) is 2.30. The van der Waals surface area contributed by atoms with Crippen LogP contribution in [0.5, 0.6) is 0 Å². The van der Waals surface area contributed by atoms with Crippen molar-refractivity contribution in [2.24, 2.45) is 5.73 Å². The van der Waals surface area contributed by atoms with Gasteiger partial charge in [-0.15, -0.1) is 0 Å². The van der Waals surface area contributed by atoms with Crippen LogP contribution >= 0.6 is 0 Å². The van der Waals surface area contributed by atoms with E-state index in [4.69, 9.17) is 11.0 Å². The van der Waals surface area contributed by atoms with Gasteiger partial charge in [0.2, 0.25) is 0 Å². The maximum atomic E-state index is 8.81. The molecule has 3 heteroatoms. The molecule has 0 bridgehead atoms. The SMILES string of the molecule is CCCCCN1CCC(N)(C#N)C1. The largest absolute Gasteiger partial charge is 0.312 e. The summed E-state index contributed by atoms with van der Waals surface area (Å²) >= 11 is 0. The summed E-state index contributed by atoms with van der Waals surface area (Å²) < 4.78 is 0. The van der Waals surface area contributed by atoms with Crippen molar-refractivity contribution in [2.45, 2.75) is 38.1 Å². The van der Waals surface area contributed by atoms with Gasteiger partial charge < -0.3 is 10.6 Å². The molecule has 0 aromatic carbocycles. The molecule has 1 rings (SSSR count). The van der Waals surface area contributed by atoms with Crippen molar-refractivity contribution in [1.82, 2.24) is 4.90 Å². The lowest BCUT2D eigenvalue weighted by Gasteiger charge is -2.17. The van der Waals surface area contributed by atoms with Crippen LogP contribution in [0.2, 0.25) is 0 Å². The molecule has 1 heterocycles. The van der Waals surface area contributed by atoms with Crippen molar-refractivity contribution in [1.29, 1.82) is 5.26 Å². The summed E-state index contributed by atoms with van der Waals surface area (Å²) in [5.41, 5.74) is 5.29. The van der Waals surface area contributed by atoms with Gasteiger partial charge >= 0.3 is 0 Å². The molecular formula is C10H19N3. The van der Waals surface area contributed by atoms with Gasteiger partial charge in [0.1, 0.15) is 5.54 Å². The van der Waals surface area contributed by atoms with E-state index in [1.807, 2.05) is 0 Å². The van der Waals surface area contributed by atoms with Crippen molar-refractivity contribution >= 4 is 0 Å². The van der Waals surface area contributed by atoms with E-state index in [1.165, 1.54) is 19.3 Å². The molecule has 0 aromatic rings. The number of nitrogens with zero attached hydrogens (tertiary/aromatic N) is 2. The maximum Gasteiger partial charge on any atom is 0.118 e. The Hall–Kier alpha value is -0.590. The van der Waals surface area contributed by atoms with Gasteiger partial charge in [0, 0.05) is 13.1 Å². The second-order valence-electron chi connectivity index (χ2n) is 4.00. The highest BCUT2D eigenvalue weighted by Gasteiger charge is 2.33. The first kappa shape index (κ1) is 10.5. The number of unbranched alkanes of at least 4 members (excludes halogenated alkanes) is 2. The minimum Gasteiger partial charge on any atom is -0.312 e. The standard InChI is InChI=1S/C10H19N3/c1-2-3-4-6-13-7-5-10(12,8-11)9-13/h2-7,9,12H2,1H3. The lowest BCUT2D eigenvalue weighted by Crippen LogP contribution is -2.41. The zero-order valence-electron chi connectivity index (χ0n) is 8.42. The van der Waals surface area contributed by atoms with E-state index >= 15 is 0 Å². The Bertz CT molecular complexity index is 197. The van der Waals surface area contributed by atoms with Crippen LogP contribution in [-0.2, 0) is 0 Å². The summed E-state index contributed by atoms with van der Waals surface area (Å²) in [6.45, 7) is 5.06. The van der Waals surface area contributed by atoms with Gasteiger partial charge in [-0.3, -0.25) is 0 Å². The summed E-state index contributed by atoms with van der Waals surface area (Å²) in [5, 5.41) is 8.81. The van der Waals surface area contributed by atoms with Crippen LogP contribution in [-0.4, -0.2) is 30.1 Å². The molecule has 0 radical (unpaired) electrons. The second-order valence-corrected chi connectivity index (χ2v) is 4.00. The Balaban J connectivity index is 2.22. The Morgan fingerprint density at radius 2 is 2.31 bits per heavy atom. The summed E-state index contributed by atoms with van der Waals surface area (Å²) in [6.07, 6.45) is 4.59. The Morgan fingerprint density at radius 1 is 1.54 bits per heavy atom. The number of nitriles is 1. The minimum atomic E-state index is -0.563. The molecule has 74 valence electrons. The average molecular weight is 181 g/mol. The van der Waals surface area contributed by atoms with Crippen LogP contribution in [0.3, 0.4) is 0 Å². The molecule has 1 aliphatic rings. The van der Waals surface area contributed by atoms with Gasteiger partial charge in [0.25, 0.3) is 0 Å². The highest BCUT2D eigenvalue weighted by Crippen LogP contribution is 2.17. The van der Waals surface area contributed by atoms with Crippen molar-refractivity contribution in [2.75, 3.05) is 19.6 Å². The molecule has 1 unspecified atom stereocenters. The number of nitrogens with two attached hydrogens (primary N) is 1. The molecule has 1 fully saturated rings. The molecule has 1 aliphatic heterocycles. The van der Waals surface area contributed by atoms with Crippen LogP contribution in [0.15, 0.2) is 0 Å². The summed E-state index contributed by atoms with van der Waals surface area (Å²) in [5.74, 6) is 0. The first-order valence-corrected chi connectivity index (χ1v) is 5.13. The predicted octanol–water partition coefficient (Wildman–Crippen LogP) is 1.10. The van der Waals surface area contributed by atoms with Gasteiger partial charge in [-0.1, -0.05) is 19.8 Å². The van der Waals surface area contributed by atoms with E-state index in [9.17, 15) is 0 Å². The Morgan fingerprint density at radius 3 is 2.85 bits per heavy atom. The maximum absolute atomic E-state index is 8.81. The van der Waals surface area contributed by atoms with Crippen molar-refractivity contribution in [3.05, 3.63) is 0 Å². The molecule has 0 amide bonds. The highest BCUT2D eigenvalue weighted by atomic mass is 15.2. The van der Waals surface area contributed by atoms with Gasteiger partial charge in [-0.2, -0.15) is 5.26 Å². The molecule has 0 saturated carbocycles. The van der Waals surface area contributed by atoms with Crippen molar-refractivity contribution in [3.63, 3.8) is 0 Å². The highest BCUT2D eigenvalue weighted by molar-refractivity contribution is 5.10. The van der Waals surface area contributed by atoms with E-state index in [0.29, 0.717) is 0 Å². The molecule has 13 heavy (non-hydrogen) atoms. The number of hydrogen-bond acceptors (Lipinski definition) is 3. The lowest BCUT2D eigenvalue weighted by atomic mass is 10.0. The van der Waals surface area contributed by atoms with E-state index < -0.39 is 5.54 Å². The first-order chi connectivity index (χ1) is 6.20. The minimum absolute atomic E-state index is 0.563. The summed E-state index contributed by atoms with van der Waals surface area (Å²) in [7, 11) is 0. The number of likely N-dealkylation sites (tertiary alicyclic amines) is 1. The van der Waals surface area contributed by atoms with Gasteiger partial charge in [0.15, 0.2) is 0 Å². The number of hydrogen-bond donors (Lipinski definition) is 1. The zero-order chi connectivity index (χ0) is 9.73. The van der Waals surface area contributed by atoms with Crippen LogP contribution in [0.25, 0.3) is 0 Å². The van der Waals surface area contributed by atoms with Gasteiger partial charge in [-0.05, 0) is 19.4 Å². The Kier molecular flexibility index (Phi) is 3.71. The second kappa shape index (κ2) is 4.59. The quantitative estimate of drug-likeness (QED) is 0.661. The molecule has 0 aromatic heterocycles. The van der Waals surface area contributed by atoms with E-state index in [-0.39, 0.29) is 0 Å². The summed E-state index contributed by atoms with van der Waals surface area (Å²) in [6, 6.07) is 2.20. The van der Waals surface area contributed by atoms with Crippen molar-refractivity contribution < 1.29 is 0 Å². The molecule has 0 spiro atoms. The molecule has 0 aliphatic carbocycles. The first-order valence-electron chi connectivity index (χ1n) is 5.13. The fourth-order valence-electron chi connectivity index (χ4n) is 1.78. The van der Waals surface area contributed by atoms with E-state index in [1.54, 1.807) is 0 Å². The van der Waals surface area contributed by atoms with E-state index in [0.717, 1.165) is 26.1 Å². The third kappa shape index (κ3) is 2.98. The van der Waals surface area contributed by atoms with E-state index in [2.05, 4.69) is 17.9 Å². The smallest absolute Gasteiger partial charge is 0.118 e. The van der Waals surface area contributed by atoms with Crippen LogP contribution in [0.1, 0.15) is 32.6 Å². The normalized spacial score (nSPS) is 29.0. The third-order valence-corrected chi connectivity index (χ3v) is 2.68. The van der Waals surface area contributed by atoms with Gasteiger partial charge in [0.05, 0.1) is 6.07 Å².